The molecule has 0 spiro atoms. The van der Waals surface area contributed by atoms with Crippen LogP contribution in [0.25, 0.3) is 0 Å². The number of nitrogens with zero attached hydrogens (tertiary/aromatic N) is 2. The summed E-state index contributed by atoms with van der Waals surface area (Å²) in [5, 5.41) is 12.4. The molecule has 1 aliphatic rings. The highest BCUT2D eigenvalue weighted by Gasteiger charge is 2.31. The second-order valence-electron chi connectivity index (χ2n) is 4.43. The van der Waals surface area contributed by atoms with Gasteiger partial charge < -0.3 is 14.8 Å². The topological polar surface area (TPSA) is 79.2 Å². The van der Waals surface area contributed by atoms with Crippen LogP contribution in [0.2, 0.25) is 0 Å². The van der Waals surface area contributed by atoms with Crippen molar-refractivity contribution in [3.8, 4) is 0 Å². The average Bonchev–Trinajstić information content (AvgIpc) is 2.86. The molecule has 0 saturated carbocycles. The predicted molar refractivity (Wildman–Crippen MR) is 67.7 cm³/mol. The molecule has 1 aromatic rings. The quantitative estimate of drug-likeness (QED) is 0.887. The second-order valence-corrected chi connectivity index (χ2v) is 4.43. The third-order valence-corrected chi connectivity index (χ3v) is 2.85. The fourth-order valence-corrected chi connectivity index (χ4v) is 1.87. The normalized spacial score (nSPS) is 17.3. The Morgan fingerprint density at radius 2 is 2.30 bits per heavy atom. The van der Waals surface area contributed by atoms with E-state index in [1.165, 1.54) is 19.2 Å². The number of likely N-dealkylation sites (N-methyl/N-ethyl adjacent to an activating group) is 1. The van der Waals surface area contributed by atoms with E-state index < -0.39 is 30.3 Å². The minimum atomic E-state index is -1.11. The minimum absolute atomic E-state index is 0.187. The van der Waals surface area contributed by atoms with E-state index in [-0.39, 0.29) is 6.42 Å². The minimum Gasteiger partial charge on any atom is -0.480 e. The number of benzene rings is 1. The van der Waals surface area contributed by atoms with Gasteiger partial charge in [-0.1, -0.05) is 17.3 Å². The van der Waals surface area contributed by atoms with Gasteiger partial charge in [0.05, 0.1) is 5.71 Å². The van der Waals surface area contributed by atoms with E-state index in [1.807, 2.05) is 0 Å². The molecular formula is C13H13FN2O4. The maximum atomic E-state index is 13.1. The van der Waals surface area contributed by atoms with Crippen LogP contribution in [0.3, 0.4) is 0 Å². The van der Waals surface area contributed by atoms with E-state index in [4.69, 9.17) is 9.94 Å². The first kappa shape index (κ1) is 14.0. The summed E-state index contributed by atoms with van der Waals surface area (Å²) in [5.74, 6) is -1.98. The van der Waals surface area contributed by atoms with Crippen LogP contribution in [-0.4, -0.2) is 47.3 Å². The Bertz CT molecular complexity index is 573. The van der Waals surface area contributed by atoms with Crippen molar-refractivity contribution in [2.45, 2.75) is 12.5 Å². The summed E-state index contributed by atoms with van der Waals surface area (Å²) in [5.41, 5.74) is 1.01. The number of rotatable bonds is 4. The number of hydrogen-bond donors (Lipinski definition) is 1. The second kappa shape index (κ2) is 5.68. The zero-order chi connectivity index (χ0) is 14.7. The van der Waals surface area contributed by atoms with E-state index in [9.17, 15) is 14.0 Å². The number of oxime groups is 1. The summed E-state index contributed by atoms with van der Waals surface area (Å²) in [6, 6.07) is 5.82. The highest BCUT2D eigenvalue weighted by molar-refractivity contribution is 6.04. The zero-order valence-electron chi connectivity index (χ0n) is 10.7. The highest BCUT2D eigenvalue weighted by Crippen LogP contribution is 2.18. The molecule has 1 heterocycles. The summed E-state index contributed by atoms with van der Waals surface area (Å²) in [6.45, 7) is -0.409. The Morgan fingerprint density at radius 3 is 2.95 bits per heavy atom. The van der Waals surface area contributed by atoms with Crippen molar-refractivity contribution in [3.63, 3.8) is 0 Å². The molecule has 20 heavy (non-hydrogen) atoms. The number of carboxylic acid groups (broad SMARTS) is 1. The molecule has 0 radical (unpaired) electrons. The first-order valence-corrected chi connectivity index (χ1v) is 5.93. The lowest BCUT2D eigenvalue weighted by Gasteiger charge is -2.17. The van der Waals surface area contributed by atoms with Gasteiger partial charge in [-0.15, -0.1) is 0 Å². The van der Waals surface area contributed by atoms with Crippen molar-refractivity contribution >= 4 is 17.6 Å². The van der Waals surface area contributed by atoms with Crippen LogP contribution in [0.4, 0.5) is 4.39 Å². The molecule has 1 N–H and O–H groups in total. The molecule has 7 heteroatoms. The third kappa shape index (κ3) is 3.11. The molecule has 0 bridgehead atoms. The number of carbonyl (C=O) groups is 2. The molecule has 0 fully saturated rings. The van der Waals surface area contributed by atoms with Crippen molar-refractivity contribution in [2.24, 2.45) is 5.16 Å². The summed E-state index contributed by atoms with van der Waals surface area (Å²) >= 11 is 0. The van der Waals surface area contributed by atoms with Crippen LogP contribution >= 0.6 is 0 Å². The molecule has 2 rings (SSSR count). The Morgan fingerprint density at radius 1 is 1.55 bits per heavy atom. The van der Waals surface area contributed by atoms with Gasteiger partial charge >= 0.3 is 5.97 Å². The number of aliphatic carboxylic acids is 1. The average molecular weight is 280 g/mol. The van der Waals surface area contributed by atoms with Gasteiger partial charge in [0, 0.05) is 19.0 Å². The van der Waals surface area contributed by atoms with E-state index >= 15 is 0 Å². The number of carbonyl (C=O) groups excluding carboxylic acids is 1. The van der Waals surface area contributed by atoms with E-state index in [0.717, 1.165) is 4.90 Å². The smallest absolute Gasteiger partial charge is 0.323 e. The molecular weight excluding hydrogens is 267 g/mol. The van der Waals surface area contributed by atoms with Crippen molar-refractivity contribution in [2.75, 3.05) is 13.6 Å². The van der Waals surface area contributed by atoms with Gasteiger partial charge in [-0.2, -0.15) is 0 Å². The van der Waals surface area contributed by atoms with Crippen molar-refractivity contribution < 1.29 is 23.9 Å². The molecule has 0 aliphatic carbocycles. The highest BCUT2D eigenvalue weighted by atomic mass is 19.1. The van der Waals surface area contributed by atoms with Crippen LogP contribution in [0, 0.1) is 5.82 Å². The SMILES string of the molecule is CN(CC(=O)O)C(=O)C1CC(c2cccc(F)c2)=NO1. The molecule has 1 aromatic carbocycles. The van der Waals surface area contributed by atoms with Crippen LogP contribution in [0.15, 0.2) is 29.4 Å². The van der Waals surface area contributed by atoms with Gasteiger partial charge in [0.1, 0.15) is 12.4 Å². The van der Waals surface area contributed by atoms with Gasteiger partial charge in [-0.3, -0.25) is 9.59 Å². The van der Waals surface area contributed by atoms with Gasteiger partial charge in [0.2, 0.25) is 6.10 Å². The van der Waals surface area contributed by atoms with Crippen molar-refractivity contribution in [3.05, 3.63) is 35.6 Å². The van der Waals surface area contributed by atoms with E-state index in [2.05, 4.69) is 5.16 Å². The Kier molecular flexibility index (Phi) is 3.97. The molecule has 1 atom stereocenters. The Labute approximate surface area is 114 Å². The van der Waals surface area contributed by atoms with Crippen molar-refractivity contribution in [1.29, 1.82) is 0 Å². The van der Waals surface area contributed by atoms with Gasteiger partial charge in [0.15, 0.2) is 0 Å². The van der Waals surface area contributed by atoms with Crippen LogP contribution in [-0.2, 0) is 14.4 Å². The molecule has 106 valence electrons. The zero-order valence-corrected chi connectivity index (χ0v) is 10.7. The van der Waals surface area contributed by atoms with Gasteiger partial charge in [0.25, 0.3) is 5.91 Å². The molecule has 0 saturated heterocycles. The molecule has 0 aromatic heterocycles. The lowest BCUT2D eigenvalue weighted by Crippen LogP contribution is -2.39. The molecule has 6 nitrogen and oxygen atoms in total. The lowest BCUT2D eigenvalue weighted by atomic mass is 10.0. The van der Waals surface area contributed by atoms with E-state index in [0.29, 0.717) is 11.3 Å². The van der Waals surface area contributed by atoms with Gasteiger partial charge in [-0.25, -0.2) is 4.39 Å². The van der Waals surface area contributed by atoms with E-state index in [1.54, 1.807) is 12.1 Å². The fourth-order valence-electron chi connectivity index (χ4n) is 1.87. The first-order valence-electron chi connectivity index (χ1n) is 5.93. The monoisotopic (exact) mass is 280 g/mol. The Hall–Kier alpha value is -2.44. The van der Waals surface area contributed by atoms with Crippen LogP contribution < -0.4 is 0 Å². The number of halogens is 1. The summed E-state index contributed by atoms with van der Waals surface area (Å²) in [6.07, 6.45) is -0.677. The molecule has 1 aliphatic heterocycles. The number of hydrogen-bond acceptors (Lipinski definition) is 4. The maximum absolute atomic E-state index is 13.1. The number of carboxylic acids is 1. The first-order chi connectivity index (χ1) is 9.47. The van der Waals surface area contributed by atoms with Gasteiger partial charge in [-0.05, 0) is 12.1 Å². The summed E-state index contributed by atoms with van der Waals surface area (Å²) < 4.78 is 13.1. The Balaban J connectivity index is 2.01. The summed E-state index contributed by atoms with van der Waals surface area (Å²) in [4.78, 5) is 28.5. The summed E-state index contributed by atoms with van der Waals surface area (Å²) in [7, 11) is 1.37. The lowest BCUT2D eigenvalue weighted by molar-refractivity contribution is -0.148. The maximum Gasteiger partial charge on any atom is 0.323 e. The fraction of sp³-hybridized carbons (Fsp3) is 0.308. The predicted octanol–water partition coefficient (Wildman–Crippen LogP) is 0.862. The molecule has 1 unspecified atom stereocenters. The largest absolute Gasteiger partial charge is 0.480 e. The van der Waals surface area contributed by atoms with Crippen LogP contribution in [0.5, 0.6) is 0 Å². The third-order valence-electron chi connectivity index (χ3n) is 2.85. The van der Waals surface area contributed by atoms with Crippen molar-refractivity contribution in [1.82, 2.24) is 4.90 Å². The van der Waals surface area contributed by atoms with Crippen LogP contribution in [0.1, 0.15) is 12.0 Å². The number of amides is 1. The molecule has 1 amide bonds. The standard InChI is InChI=1S/C13H13FN2O4/c1-16(7-12(17)18)13(19)11-6-10(15-20-11)8-3-2-4-9(14)5-8/h2-5,11H,6-7H2,1H3,(H,17,18).